The molecule has 3 heterocycles. The normalized spacial score (nSPS) is 20.6. The van der Waals surface area contributed by atoms with E-state index in [0.717, 1.165) is 39.3 Å². The number of rotatable bonds is 5. The molecule has 3 amide bonds. The molecule has 190 valence electrons. The van der Waals surface area contributed by atoms with Crippen LogP contribution in [-0.2, 0) is 14.3 Å². The van der Waals surface area contributed by atoms with Crippen molar-refractivity contribution in [1.82, 2.24) is 14.4 Å². The van der Waals surface area contributed by atoms with Gasteiger partial charge in [0.1, 0.15) is 6.54 Å². The second-order valence-corrected chi connectivity index (χ2v) is 10.8. The van der Waals surface area contributed by atoms with Crippen LogP contribution in [0.4, 0.5) is 4.79 Å². The first kappa shape index (κ1) is 24.8. The van der Waals surface area contributed by atoms with Gasteiger partial charge in [-0.2, -0.15) is 0 Å². The summed E-state index contributed by atoms with van der Waals surface area (Å²) in [7, 11) is 0. The molecule has 2 aromatic rings. The molecule has 5 rings (SSSR count). The number of amides is 3. The summed E-state index contributed by atoms with van der Waals surface area (Å²) in [4.78, 5) is 41.2. The van der Waals surface area contributed by atoms with Crippen molar-refractivity contribution < 1.29 is 19.1 Å². The highest BCUT2D eigenvalue weighted by atomic mass is 32.2. The van der Waals surface area contributed by atoms with Crippen LogP contribution < -0.4 is 0 Å². The van der Waals surface area contributed by atoms with Gasteiger partial charge < -0.3 is 14.2 Å². The lowest BCUT2D eigenvalue weighted by Gasteiger charge is -2.28. The lowest BCUT2D eigenvalue weighted by Crippen LogP contribution is -2.46. The van der Waals surface area contributed by atoms with Crippen LogP contribution in [0.3, 0.4) is 0 Å². The lowest BCUT2D eigenvalue weighted by atomic mass is 9.84. The fraction of sp³-hybridized carbons (Fsp3) is 0.464. The van der Waals surface area contributed by atoms with Crippen molar-refractivity contribution in [2.24, 2.45) is 0 Å². The summed E-state index contributed by atoms with van der Waals surface area (Å²) in [5.41, 5.74) is 5.48. The number of hydrogen-bond donors (Lipinski definition) is 0. The maximum atomic E-state index is 13.0. The molecule has 0 bridgehead atoms. The van der Waals surface area contributed by atoms with Gasteiger partial charge in [0.25, 0.3) is 11.1 Å². The average Bonchev–Trinajstić information content (AvgIpc) is 3.33. The number of hydrogen-bond acceptors (Lipinski definition) is 5. The summed E-state index contributed by atoms with van der Waals surface area (Å²) in [5, 5.41) is -0.403. The molecule has 0 radical (unpaired) electrons. The minimum atomic E-state index is -0.409. The Labute approximate surface area is 216 Å². The number of imide groups is 1. The van der Waals surface area contributed by atoms with Crippen molar-refractivity contribution in [2.75, 3.05) is 32.8 Å². The van der Waals surface area contributed by atoms with Crippen molar-refractivity contribution in [2.45, 2.75) is 51.9 Å². The van der Waals surface area contributed by atoms with Gasteiger partial charge in [-0.1, -0.05) is 31.4 Å². The molecular weight excluding hydrogens is 474 g/mol. The van der Waals surface area contributed by atoms with E-state index in [1.807, 2.05) is 19.9 Å². The number of nitrogens with zero attached hydrogens (tertiary/aromatic N) is 3. The van der Waals surface area contributed by atoms with Gasteiger partial charge in [0, 0.05) is 30.2 Å². The molecular formula is C28H33N3O4S. The molecule has 36 heavy (non-hydrogen) atoms. The third-order valence-electron chi connectivity index (χ3n) is 7.52. The fourth-order valence-electron chi connectivity index (χ4n) is 5.49. The number of carbonyl (C=O) groups is 3. The third-order valence-corrected chi connectivity index (χ3v) is 8.42. The maximum Gasteiger partial charge on any atom is 0.294 e. The van der Waals surface area contributed by atoms with E-state index in [-0.39, 0.29) is 12.5 Å². The van der Waals surface area contributed by atoms with E-state index in [1.165, 1.54) is 37.7 Å². The Morgan fingerprint density at radius 3 is 2.44 bits per heavy atom. The van der Waals surface area contributed by atoms with Crippen molar-refractivity contribution >= 4 is 34.9 Å². The number of carbonyl (C=O) groups excluding carboxylic acids is 3. The van der Waals surface area contributed by atoms with E-state index in [0.29, 0.717) is 37.1 Å². The van der Waals surface area contributed by atoms with Crippen molar-refractivity contribution in [1.29, 1.82) is 0 Å². The van der Waals surface area contributed by atoms with Gasteiger partial charge in [0.05, 0.1) is 18.1 Å². The van der Waals surface area contributed by atoms with E-state index in [2.05, 4.69) is 28.8 Å². The lowest BCUT2D eigenvalue weighted by molar-refractivity contribution is -0.139. The van der Waals surface area contributed by atoms with Crippen LogP contribution >= 0.6 is 11.8 Å². The quantitative estimate of drug-likeness (QED) is 0.531. The first-order chi connectivity index (χ1) is 17.4. The van der Waals surface area contributed by atoms with Gasteiger partial charge in [0.2, 0.25) is 5.91 Å². The summed E-state index contributed by atoms with van der Waals surface area (Å²) in [6.07, 6.45) is 8.31. The smallest absolute Gasteiger partial charge is 0.294 e. The summed E-state index contributed by atoms with van der Waals surface area (Å²) in [6, 6.07) is 10.9. The van der Waals surface area contributed by atoms with Gasteiger partial charge in [-0.05, 0) is 79.8 Å². The van der Waals surface area contributed by atoms with Crippen LogP contribution in [-0.4, -0.2) is 64.3 Å². The molecule has 0 spiro atoms. The molecule has 1 aromatic heterocycles. The maximum absolute atomic E-state index is 13.0. The Morgan fingerprint density at radius 1 is 1.06 bits per heavy atom. The second kappa shape index (κ2) is 10.6. The standard InChI is InChI=1S/C28H33N3O4S/c1-19-16-23(20(2)31(19)24-10-8-22(9-11-24)21-6-4-3-5-7-21)17-25-27(33)30(28(34)36-25)18-26(32)29-12-14-35-15-13-29/h8-11,16-17,21H,3-7,12-15,18H2,1-2H3/b25-17-. The Hall–Kier alpha value is -2.84. The number of thioether (sulfide) groups is 1. The predicted molar refractivity (Wildman–Crippen MR) is 141 cm³/mol. The van der Waals surface area contributed by atoms with Crippen LogP contribution in [0.5, 0.6) is 0 Å². The molecule has 0 unspecified atom stereocenters. The van der Waals surface area contributed by atoms with Gasteiger partial charge in [0.15, 0.2) is 0 Å². The summed E-state index contributed by atoms with van der Waals surface area (Å²) in [6.45, 7) is 5.77. The largest absolute Gasteiger partial charge is 0.378 e. The molecule has 1 saturated carbocycles. The van der Waals surface area contributed by atoms with Gasteiger partial charge in [-0.3, -0.25) is 19.3 Å². The van der Waals surface area contributed by atoms with Crippen molar-refractivity contribution in [3.63, 3.8) is 0 Å². The van der Waals surface area contributed by atoms with Crippen LogP contribution in [0, 0.1) is 13.8 Å². The van der Waals surface area contributed by atoms with E-state index < -0.39 is 11.1 Å². The molecule has 1 aliphatic carbocycles. The highest BCUT2D eigenvalue weighted by Gasteiger charge is 2.37. The monoisotopic (exact) mass is 507 g/mol. The van der Waals surface area contributed by atoms with Crippen LogP contribution in [0.1, 0.15) is 60.5 Å². The summed E-state index contributed by atoms with van der Waals surface area (Å²) < 4.78 is 7.46. The SMILES string of the molecule is Cc1cc(/C=C2\SC(=O)N(CC(=O)N3CCOCC3)C2=O)c(C)n1-c1ccc(C2CCCCC2)cc1. The molecule has 3 aliphatic rings. The van der Waals surface area contributed by atoms with E-state index in [9.17, 15) is 14.4 Å². The predicted octanol–water partition coefficient (Wildman–Crippen LogP) is 5.04. The zero-order valence-corrected chi connectivity index (χ0v) is 21.8. The highest BCUT2D eigenvalue weighted by Crippen LogP contribution is 2.35. The molecule has 2 saturated heterocycles. The number of ether oxygens (including phenoxy) is 1. The minimum absolute atomic E-state index is 0.225. The Morgan fingerprint density at radius 2 is 1.75 bits per heavy atom. The van der Waals surface area contributed by atoms with Crippen molar-refractivity contribution in [3.8, 4) is 5.69 Å². The molecule has 7 nitrogen and oxygen atoms in total. The Bertz CT molecular complexity index is 1190. The first-order valence-corrected chi connectivity index (χ1v) is 13.6. The Balaban J connectivity index is 1.32. The Kier molecular flexibility index (Phi) is 7.34. The summed E-state index contributed by atoms with van der Waals surface area (Å²) >= 11 is 0.896. The third kappa shape index (κ3) is 5.02. The first-order valence-electron chi connectivity index (χ1n) is 12.8. The number of benzene rings is 1. The minimum Gasteiger partial charge on any atom is -0.378 e. The zero-order valence-electron chi connectivity index (χ0n) is 21.0. The van der Waals surface area contributed by atoms with E-state index >= 15 is 0 Å². The average molecular weight is 508 g/mol. The van der Waals surface area contributed by atoms with E-state index in [4.69, 9.17) is 4.74 Å². The molecule has 1 aromatic carbocycles. The molecule has 2 aliphatic heterocycles. The molecule has 8 heteroatoms. The van der Waals surface area contributed by atoms with Crippen LogP contribution in [0.2, 0.25) is 0 Å². The second-order valence-electron chi connectivity index (χ2n) is 9.85. The van der Waals surface area contributed by atoms with Crippen LogP contribution in [0.25, 0.3) is 11.8 Å². The number of morpholine rings is 1. The van der Waals surface area contributed by atoms with Gasteiger partial charge in [-0.15, -0.1) is 0 Å². The molecule has 3 fully saturated rings. The molecule has 0 atom stereocenters. The summed E-state index contributed by atoms with van der Waals surface area (Å²) in [5.74, 6) is 0.0333. The number of aryl methyl sites for hydroxylation is 1. The van der Waals surface area contributed by atoms with Gasteiger partial charge in [-0.25, -0.2) is 0 Å². The molecule has 0 N–H and O–H groups in total. The van der Waals surface area contributed by atoms with Crippen molar-refractivity contribution in [3.05, 3.63) is 57.8 Å². The topological polar surface area (TPSA) is 71.9 Å². The fourth-order valence-corrected chi connectivity index (χ4v) is 6.32. The zero-order chi connectivity index (χ0) is 25.2. The van der Waals surface area contributed by atoms with E-state index in [1.54, 1.807) is 11.0 Å². The van der Waals surface area contributed by atoms with Gasteiger partial charge >= 0.3 is 0 Å². The van der Waals surface area contributed by atoms with Crippen LogP contribution in [0.15, 0.2) is 35.2 Å². The highest BCUT2D eigenvalue weighted by molar-refractivity contribution is 8.18. The number of aromatic nitrogens is 1.